The number of nitrogens with one attached hydrogen (secondary N) is 3. The summed E-state index contributed by atoms with van der Waals surface area (Å²) in [6.07, 6.45) is 0.760. The smallest absolute Gasteiger partial charge is 0.322 e. The highest BCUT2D eigenvalue weighted by atomic mass is 32.1. The molecule has 160 valence electrons. The van der Waals surface area contributed by atoms with Gasteiger partial charge in [0, 0.05) is 18.1 Å². The van der Waals surface area contributed by atoms with Gasteiger partial charge in [-0.25, -0.2) is 0 Å². The Morgan fingerprint density at radius 3 is 2.00 bits per heavy atom. The molecule has 0 heterocycles. The molecule has 0 aliphatic carbocycles. The molecule has 3 amide bonds. The van der Waals surface area contributed by atoms with Gasteiger partial charge in [-0.1, -0.05) is 0 Å². The van der Waals surface area contributed by atoms with Gasteiger partial charge in [0.2, 0.25) is 17.7 Å². The lowest BCUT2D eigenvalue weighted by Crippen LogP contribution is -2.57. The molecular formula is C14H27N7O5S2. The molecular weight excluding hydrogens is 410 g/mol. The first-order chi connectivity index (χ1) is 13.1. The van der Waals surface area contributed by atoms with E-state index in [1.807, 2.05) is 0 Å². The number of aliphatic imine (C=N–C) groups is 1. The van der Waals surface area contributed by atoms with Gasteiger partial charge in [-0.2, -0.15) is 25.3 Å². The maximum absolute atomic E-state index is 12.3. The van der Waals surface area contributed by atoms with E-state index < -0.39 is 48.4 Å². The molecule has 0 saturated heterocycles. The number of hydrogen-bond acceptors (Lipinski definition) is 8. The summed E-state index contributed by atoms with van der Waals surface area (Å²) < 4.78 is 0. The zero-order valence-corrected chi connectivity index (χ0v) is 16.9. The molecule has 0 spiro atoms. The van der Waals surface area contributed by atoms with E-state index in [4.69, 9.17) is 22.3 Å². The molecule has 12 nitrogen and oxygen atoms in total. The van der Waals surface area contributed by atoms with Crippen LogP contribution >= 0.6 is 25.3 Å². The number of amides is 3. The average molecular weight is 438 g/mol. The van der Waals surface area contributed by atoms with Gasteiger partial charge in [-0.05, 0) is 12.8 Å². The summed E-state index contributed by atoms with van der Waals surface area (Å²) in [4.78, 5) is 50.5. The number of guanidine groups is 1. The maximum atomic E-state index is 12.3. The minimum Gasteiger partial charge on any atom is -0.480 e. The van der Waals surface area contributed by atoms with Gasteiger partial charge in [0.05, 0.1) is 6.04 Å². The molecule has 0 bridgehead atoms. The van der Waals surface area contributed by atoms with Crippen molar-refractivity contribution in [3.8, 4) is 0 Å². The Balaban J connectivity index is 4.63. The van der Waals surface area contributed by atoms with Gasteiger partial charge in [-0.15, -0.1) is 0 Å². The third-order valence-corrected chi connectivity index (χ3v) is 4.08. The number of nitrogens with two attached hydrogens (primary N) is 3. The van der Waals surface area contributed by atoms with Crippen molar-refractivity contribution in [3.63, 3.8) is 0 Å². The van der Waals surface area contributed by atoms with Crippen LogP contribution in [0.15, 0.2) is 4.99 Å². The van der Waals surface area contributed by atoms with E-state index in [9.17, 15) is 19.2 Å². The van der Waals surface area contributed by atoms with Crippen molar-refractivity contribution in [3.05, 3.63) is 0 Å². The van der Waals surface area contributed by atoms with Crippen molar-refractivity contribution >= 4 is 54.9 Å². The second-order valence-electron chi connectivity index (χ2n) is 5.65. The molecule has 0 aromatic carbocycles. The highest BCUT2D eigenvalue weighted by Gasteiger charge is 2.26. The summed E-state index contributed by atoms with van der Waals surface area (Å²) in [6.45, 7) is -0.282. The molecule has 3 atom stereocenters. The standard InChI is InChI=1S/C14H27N7O5S2/c15-7(2-1-3-18-14(16)17)11(24)20-9(6-28)13(26)21-8(5-27)12(25)19-4-10(22)23/h7-9,27-28H,1-6,15H2,(H,19,25)(H,20,24)(H,21,26)(H,22,23)(H4,16,17,18). The largest absolute Gasteiger partial charge is 0.480 e. The lowest BCUT2D eigenvalue weighted by atomic mass is 10.1. The van der Waals surface area contributed by atoms with Crippen LogP contribution in [-0.4, -0.2) is 77.5 Å². The summed E-state index contributed by atoms with van der Waals surface area (Å²) in [6, 6.07) is -3.01. The van der Waals surface area contributed by atoms with Crippen molar-refractivity contribution in [1.29, 1.82) is 0 Å². The molecule has 0 aliphatic rings. The zero-order chi connectivity index (χ0) is 21.7. The summed E-state index contributed by atoms with van der Waals surface area (Å²) in [5.41, 5.74) is 16.2. The monoisotopic (exact) mass is 437 g/mol. The molecule has 0 aromatic heterocycles. The molecule has 14 heteroatoms. The van der Waals surface area contributed by atoms with Crippen LogP contribution in [0, 0.1) is 0 Å². The highest BCUT2D eigenvalue weighted by molar-refractivity contribution is 7.80. The maximum Gasteiger partial charge on any atom is 0.322 e. The lowest BCUT2D eigenvalue weighted by Gasteiger charge is -2.22. The third kappa shape index (κ3) is 10.8. The van der Waals surface area contributed by atoms with E-state index in [2.05, 4.69) is 46.2 Å². The molecule has 10 N–H and O–H groups in total. The van der Waals surface area contributed by atoms with Crippen LogP contribution in [0.25, 0.3) is 0 Å². The van der Waals surface area contributed by atoms with Crippen molar-refractivity contribution in [2.45, 2.75) is 31.0 Å². The van der Waals surface area contributed by atoms with Crippen molar-refractivity contribution in [2.75, 3.05) is 24.6 Å². The minimum absolute atomic E-state index is 0.0473. The number of nitrogens with zero attached hydrogens (tertiary/aromatic N) is 1. The molecule has 3 unspecified atom stereocenters. The Bertz CT molecular complexity index is 586. The van der Waals surface area contributed by atoms with E-state index in [1.165, 1.54) is 0 Å². The molecule has 0 aromatic rings. The second kappa shape index (κ2) is 13.9. The van der Waals surface area contributed by atoms with Crippen LogP contribution in [0.2, 0.25) is 0 Å². The zero-order valence-electron chi connectivity index (χ0n) is 15.1. The van der Waals surface area contributed by atoms with Gasteiger partial charge in [0.25, 0.3) is 0 Å². The number of carbonyl (C=O) groups excluding carboxylic acids is 3. The fourth-order valence-corrected chi connectivity index (χ4v) is 2.39. The Hall–Kier alpha value is -2.19. The van der Waals surface area contributed by atoms with Crippen LogP contribution in [0.1, 0.15) is 12.8 Å². The Labute approximate surface area is 173 Å². The number of thiol groups is 2. The van der Waals surface area contributed by atoms with Crippen molar-refractivity contribution in [2.24, 2.45) is 22.2 Å². The fraction of sp³-hybridized carbons (Fsp3) is 0.643. The molecule has 0 rings (SSSR count). The fourth-order valence-electron chi connectivity index (χ4n) is 1.88. The average Bonchev–Trinajstić information content (AvgIpc) is 2.64. The number of carboxylic acids is 1. The summed E-state index contributed by atoms with van der Waals surface area (Å²) in [5, 5.41) is 15.5. The van der Waals surface area contributed by atoms with Crippen LogP contribution in [-0.2, 0) is 19.2 Å². The van der Waals surface area contributed by atoms with E-state index >= 15 is 0 Å². The van der Waals surface area contributed by atoms with E-state index in [0.29, 0.717) is 19.4 Å². The number of rotatable bonds is 13. The first-order valence-electron chi connectivity index (χ1n) is 8.25. The van der Waals surface area contributed by atoms with Gasteiger partial charge in [0.15, 0.2) is 5.96 Å². The van der Waals surface area contributed by atoms with Gasteiger partial charge in [0.1, 0.15) is 18.6 Å². The topological polar surface area (TPSA) is 215 Å². The van der Waals surface area contributed by atoms with Crippen molar-refractivity contribution in [1.82, 2.24) is 16.0 Å². The van der Waals surface area contributed by atoms with E-state index in [1.54, 1.807) is 0 Å². The molecule has 28 heavy (non-hydrogen) atoms. The minimum atomic E-state index is -1.23. The number of hydrogen-bond donors (Lipinski definition) is 9. The summed E-state index contributed by atoms with van der Waals surface area (Å²) in [5.74, 6) is -3.38. The number of carbonyl (C=O) groups is 4. The molecule has 0 aliphatic heterocycles. The van der Waals surface area contributed by atoms with E-state index in [0.717, 1.165) is 0 Å². The first-order valence-corrected chi connectivity index (χ1v) is 9.51. The normalized spacial score (nSPS) is 13.5. The van der Waals surface area contributed by atoms with E-state index in [-0.39, 0.29) is 17.5 Å². The second-order valence-corrected chi connectivity index (χ2v) is 6.38. The highest BCUT2D eigenvalue weighted by Crippen LogP contribution is 1.99. The predicted molar refractivity (Wildman–Crippen MR) is 110 cm³/mol. The van der Waals surface area contributed by atoms with Gasteiger partial charge < -0.3 is 38.3 Å². The molecule has 0 saturated carbocycles. The predicted octanol–water partition coefficient (Wildman–Crippen LogP) is -3.60. The Morgan fingerprint density at radius 1 is 0.964 bits per heavy atom. The van der Waals surface area contributed by atoms with Crippen LogP contribution < -0.4 is 33.2 Å². The third-order valence-electron chi connectivity index (χ3n) is 3.35. The van der Waals surface area contributed by atoms with Crippen LogP contribution in [0.5, 0.6) is 0 Å². The molecule has 0 radical (unpaired) electrons. The summed E-state index contributed by atoms with van der Waals surface area (Å²) >= 11 is 7.98. The quantitative estimate of drug-likeness (QED) is 0.0605. The Kier molecular flexibility index (Phi) is 12.8. The molecule has 0 fully saturated rings. The number of carboxylic acid groups (broad SMARTS) is 1. The lowest BCUT2D eigenvalue weighted by molar-refractivity contribution is -0.138. The van der Waals surface area contributed by atoms with Gasteiger partial charge >= 0.3 is 5.97 Å². The Morgan fingerprint density at radius 2 is 1.50 bits per heavy atom. The summed E-state index contributed by atoms with van der Waals surface area (Å²) in [7, 11) is 0. The SMILES string of the molecule is NC(N)=NCCCC(N)C(=O)NC(CS)C(=O)NC(CS)C(=O)NCC(=O)O. The number of aliphatic carboxylic acids is 1. The van der Waals surface area contributed by atoms with Crippen LogP contribution in [0.4, 0.5) is 0 Å². The van der Waals surface area contributed by atoms with Gasteiger partial charge in [-0.3, -0.25) is 24.2 Å². The first kappa shape index (κ1) is 25.8. The van der Waals surface area contributed by atoms with Crippen molar-refractivity contribution < 1.29 is 24.3 Å². The van der Waals surface area contributed by atoms with Crippen LogP contribution in [0.3, 0.4) is 0 Å².